The Morgan fingerprint density at radius 3 is 2.48 bits per heavy atom. The first-order chi connectivity index (χ1) is 11.7. The number of furan rings is 1. The summed E-state index contributed by atoms with van der Waals surface area (Å²) in [7, 11) is 0. The fraction of sp³-hybridized carbons (Fsp3) is 0.176. The Balaban J connectivity index is 1.99. The summed E-state index contributed by atoms with van der Waals surface area (Å²) in [6, 6.07) is 4.70. The largest absolute Gasteiger partial charge is 0.466 e. The smallest absolute Gasteiger partial charge is 0.416 e. The minimum absolute atomic E-state index is 0.00974. The van der Waals surface area contributed by atoms with Gasteiger partial charge in [0.2, 0.25) is 0 Å². The van der Waals surface area contributed by atoms with Gasteiger partial charge in [0.1, 0.15) is 11.5 Å². The summed E-state index contributed by atoms with van der Waals surface area (Å²) < 4.78 is 49.7. The lowest BCUT2D eigenvalue weighted by Gasteiger charge is -2.12. The van der Waals surface area contributed by atoms with E-state index in [1.807, 2.05) is 0 Å². The van der Waals surface area contributed by atoms with Gasteiger partial charge in [0.25, 0.3) is 5.91 Å². The van der Waals surface area contributed by atoms with Crippen LogP contribution in [0.5, 0.6) is 0 Å². The molecule has 0 atom stereocenters. The maximum atomic E-state index is 13.1. The molecule has 8 heteroatoms. The van der Waals surface area contributed by atoms with E-state index in [2.05, 4.69) is 10.3 Å². The Bertz CT molecular complexity index is 912. The number of nitrogens with zero attached hydrogens (tertiary/aromatic N) is 1. The molecular weight excluding hydrogens is 337 g/mol. The van der Waals surface area contributed by atoms with Gasteiger partial charge in [0.15, 0.2) is 12.2 Å². The third-order valence-electron chi connectivity index (χ3n) is 3.52. The zero-order chi connectivity index (χ0) is 18.2. The molecule has 3 aromatic rings. The topological polar surface area (TPSA) is 68.3 Å². The number of hydrogen-bond acceptors (Lipinski definition) is 4. The van der Waals surface area contributed by atoms with Crippen molar-refractivity contribution < 1.29 is 26.8 Å². The third-order valence-corrected chi connectivity index (χ3v) is 3.52. The molecule has 130 valence electrons. The van der Waals surface area contributed by atoms with Gasteiger partial charge in [-0.25, -0.2) is 4.98 Å². The summed E-state index contributed by atoms with van der Waals surface area (Å²) in [6.07, 6.45) is -2.16. The van der Waals surface area contributed by atoms with Gasteiger partial charge in [-0.15, -0.1) is 0 Å². The normalized spacial score (nSPS) is 11.6. The fourth-order valence-electron chi connectivity index (χ4n) is 2.42. The monoisotopic (exact) mass is 350 g/mol. The Morgan fingerprint density at radius 1 is 1.16 bits per heavy atom. The van der Waals surface area contributed by atoms with E-state index in [0.29, 0.717) is 11.5 Å². The fourth-order valence-corrected chi connectivity index (χ4v) is 2.42. The molecule has 0 saturated heterocycles. The maximum absolute atomic E-state index is 13.1. The first kappa shape index (κ1) is 16.8. The molecule has 5 nitrogen and oxygen atoms in total. The van der Waals surface area contributed by atoms with Gasteiger partial charge in [-0.2, -0.15) is 13.2 Å². The van der Waals surface area contributed by atoms with E-state index in [4.69, 9.17) is 8.83 Å². The quantitative estimate of drug-likeness (QED) is 0.735. The summed E-state index contributed by atoms with van der Waals surface area (Å²) in [5.74, 6) is 0.528. The molecule has 3 rings (SSSR count). The van der Waals surface area contributed by atoms with Crippen molar-refractivity contribution in [1.82, 2.24) is 4.98 Å². The van der Waals surface area contributed by atoms with Crippen molar-refractivity contribution in [3.8, 4) is 11.3 Å². The number of rotatable bonds is 3. The van der Waals surface area contributed by atoms with Crippen LogP contribution >= 0.6 is 0 Å². The summed E-state index contributed by atoms with van der Waals surface area (Å²) in [5.41, 5.74) is -0.500. The zero-order valence-electron chi connectivity index (χ0n) is 13.3. The van der Waals surface area contributed by atoms with Gasteiger partial charge >= 0.3 is 6.18 Å². The van der Waals surface area contributed by atoms with Crippen LogP contribution in [0, 0.1) is 13.8 Å². The lowest BCUT2D eigenvalue weighted by Crippen LogP contribution is -2.13. The molecule has 0 fully saturated rings. The van der Waals surface area contributed by atoms with Gasteiger partial charge in [0.05, 0.1) is 17.3 Å². The van der Waals surface area contributed by atoms with E-state index in [-0.39, 0.29) is 22.6 Å². The summed E-state index contributed by atoms with van der Waals surface area (Å²) >= 11 is 0. The molecule has 1 N–H and O–H groups in total. The number of aryl methyl sites for hydroxylation is 2. The van der Waals surface area contributed by atoms with E-state index in [9.17, 15) is 18.0 Å². The van der Waals surface area contributed by atoms with Crippen molar-refractivity contribution in [3.05, 3.63) is 59.5 Å². The van der Waals surface area contributed by atoms with Crippen molar-refractivity contribution in [2.75, 3.05) is 5.32 Å². The van der Waals surface area contributed by atoms with Crippen LogP contribution < -0.4 is 5.32 Å². The van der Waals surface area contributed by atoms with E-state index in [1.54, 1.807) is 13.8 Å². The Morgan fingerprint density at radius 2 is 1.92 bits per heavy atom. The summed E-state index contributed by atoms with van der Waals surface area (Å²) in [6.45, 7) is 3.28. The van der Waals surface area contributed by atoms with Crippen LogP contribution in [0.25, 0.3) is 11.3 Å². The van der Waals surface area contributed by atoms with Crippen LogP contribution in [-0.4, -0.2) is 10.9 Å². The van der Waals surface area contributed by atoms with E-state index in [0.717, 1.165) is 18.5 Å². The lowest BCUT2D eigenvalue weighted by molar-refractivity contribution is -0.137. The maximum Gasteiger partial charge on any atom is 0.416 e. The first-order valence-electron chi connectivity index (χ1n) is 7.23. The highest BCUT2D eigenvalue weighted by molar-refractivity contribution is 6.05. The molecule has 0 saturated carbocycles. The third kappa shape index (κ3) is 3.57. The highest BCUT2D eigenvalue weighted by Crippen LogP contribution is 2.35. The van der Waals surface area contributed by atoms with E-state index < -0.39 is 17.6 Å². The average Bonchev–Trinajstić information content (AvgIpc) is 3.15. The van der Waals surface area contributed by atoms with Gasteiger partial charge in [-0.05, 0) is 38.1 Å². The Kier molecular flexibility index (Phi) is 4.12. The molecule has 0 bridgehead atoms. The second kappa shape index (κ2) is 6.12. The molecule has 0 aliphatic carbocycles. The predicted molar refractivity (Wildman–Crippen MR) is 83.1 cm³/mol. The second-order valence-corrected chi connectivity index (χ2v) is 5.44. The van der Waals surface area contributed by atoms with Crippen LogP contribution in [0.15, 0.2) is 45.7 Å². The van der Waals surface area contributed by atoms with Gasteiger partial charge in [-0.3, -0.25) is 4.79 Å². The number of hydrogen-bond donors (Lipinski definition) is 1. The zero-order valence-corrected chi connectivity index (χ0v) is 13.3. The molecule has 2 aromatic heterocycles. The minimum atomic E-state index is -4.57. The van der Waals surface area contributed by atoms with E-state index in [1.165, 1.54) is 18.3 Å². The van der Waals surface area contributed by atoms with Crippen LogP contribution in [0.4, 0.5) is 18.9 Å². The van der Waals surface area contributed by atoms with Gasteiger partial charge in [-0.1, -0.05) is 0 Å². The summed E-state index contributed by atoms with van der Waals surface area (Å²) in [5, 5.41) is 2.47. The van der Waals surface area contributed by atoms with Crippen molar-refractivity contribution in [2.24, 2.45) is 0 Å². The number of anilines is 1. The number of amides is 1. The molecule has 2 heterocycles. The van der Waals surface area contributed by atoms with Crippen molar-refractivity contribution in [2.45, 2.75) is 20.0 Å². The second-order valence-electron chi connectivity index (χ2n) is 5.44. The lowest BCUT2D eigenvalue weighted by atomic mass is 10.1. The molecule has 1 amide bonds. The predicted octanol–water partition coefficient (Wildman–Crippen LogP) is 4.82. The van der Waals surface area contributed by atoms with Crippen LogP contribution in [0.3, 0.4) is 0 Å². The van der Waals surface area contributed by atoms with Crippen molar-refractivity contribution in [1.29, 1.82) is 0 Å². The molecule has 25 heavy (non-hydrogen) atoms. The van der Waals surface area contributed by atoms with Crippen LogP contribution in [0.2, 0.25) is 0 Å². The average molecular weight is 350 g/mol. The first-order valence-corrected chi connectivity index (χ1v) is 7.23. The number of alkyl halides is 3. The number of carbonyl (C=O) groups excluding carboxylic acids is 1. The Hall–Kier alpha value is -3.03. The molecule has 0 aliphatic heterocycles. The molecule has 1 aromatic carbocycles. The molecular formula is C17H13F3N2O3. The molecule has 0 spiro atoms. The van der Waals surface area contributed by atoms with Crippen LogP contribution in [-0.2, 0) is 6.18 Å². The van der Waals surface area contributed by atoms with Gasteiger partial charge < -0.3 is 14.2 Å². The van der Waals surface area contributed by atoms with Crippen LogP contribution in [0.1, 0.15) is 27.4 Å². The number of carbonyl (C=O) groups is 1. The van der Waals surface area contributed by atoms with Crippen molar-refractivity contribution >= 4 is 11.6 Å². The number of oxazole rings is 1. The van der Waals surface area contributed by atoms with Crippen molar-refractivity contribution in [3.63, 3.8) is 0 Å². The number of nitrogens with one attached hydrogen (secondary N) is 1. The number of aromatic nitrogens is 1. The van der Waals surface area contributed by atoms with E-state index >= 15 is 0 Å². The number of halogens is 3. The minimum Gasteiger partial charge on any atom is -0.466 e. The highest BCUT2D eigenvalue weighted by atomic mass is 19.4. The molecule has 0 radical (unpaired) electrons. The molecule has 0 aliphatic rings. The summed E-state index contributed by atoms with van der Waals surface area (Å²) in [4.78, 5) is 16.0. The number of benzene rings is 1. The standard InChI is InChI=1S/C17H13F3N2O3/c1-9-3-14(10(2)25-9)16(23)22-13-5-11(15-7-21-8-24-15)4-12(6-13)17(18,19)20/h3-8H,1-2H3,(H,22,23). The van der Waals surface area contributed by atoms with Gasteiger partial charge in [0, 0.05) is 11.3 Å². The SMILES string of the molecule is Cc1cc(C(=O)Nc2cc(-c3cnco3)cc(C(F)(F)F)c2)c(C)o1. The highest BCUT2D eigenvalue weighted by Gasteiger charge is 2.32. The Labute approximate surface area is 140 Å². The molecule has 0 unspecified atom stereocenters.